The highest BCUT2D eigenvalue weighted by atomic mass is 32.1. The molecule has 0 atom stereocenters. The minimum absolute atomic E-state index is 0.0916. The first-order valence-corrected chi connectivity index (χ1v) is 9.86. The van der Waals surface area contributed by atoms with Gasteiger partial charge in [0.2, 0.25) is 5.91 Å². The molecule has 1 aliphatic heterocycles. The quantitative estimate of drug-likeness (QED) is 0.695. The van der Waals surface area contributed by atoms with Crippen LogP contribution in [-0.4, -0.2) is 23.1 Å². The summed E-state index contributed by atoms with van der Waals surface area (Å²) in [5.74, 6) is 0.165. The van der Waals surface area contributed by atoms with Crippen LogP contribution in [0.3, 0.4) is 0 Å². The lowest BCUT2D eigenvalue weighted by atomic mass is 10.0. The second-order valence-electron chi connectivity index (χ2n) is 6.41. The largest absolute Gasteiger partial charge is 0.310 e. The minimum Gasteiger partial charge on any atom is -0.310 e. The van der Waals surface area contributed by atoms with Gasteiger partial charge in [-0.3, -0.25) is 9.79 Å². The Balaban J connectivity index is 1.51. The number of aliphatic imine (C=N–C) groups is 1. The van der Waals surface area contributed by atoms with Crippen LogP contribution in [0.15, 0.2) is 65.0 Å². The molecule has 0 fully saturated rings. The van der Waals surface area contributed by atoms with Crippen molar-refractivity contribution >= 4 is 34.8 Å². The maximum Gasteiger partial charge on any atom is 0.230 e. The molecule has 1 amide bonds. The van der Waals surface area contributed by atoms with Gasteiger partial charge in [0.15, 0.2) is 0 Å². The highest BCUT2D eigenvalue weighted by molar-refractivity contribution is 7.10. The Morgan fingerprint density at radius 1 is 1.14 bits per heavy atom. The van der Waals surface area contributed by atoms with Crippen LogP contribution in [0.5, 0.6) is 0 Å². The van der Waals surface area contributed by atoms with E-state index in [1.165, 1.54) is 12.1 Å². The summed E-state index contributed by atoms with van der Waals surface area (Å²) in [4.78, 5) is 22.4. The van der Waals surface area contributed by atoms with E-state index < -0.39 is 0 Å². The molecule has 3 heterocycles. The van der Waals surface area contributed by atoms with Gasteiger partial charge in [0.05, 0.1) is 17.8 Å². The molecular formula is C22H18FN3OS. The summed E-state index contributed by atoms with van der Waals surface area (Å²) in [6, 6.07) is 14.0. The first-order valence-electron chi connectivity index (χ1n) is 8.98. The third-order valence-corrected chi connectivity index (χ3v) is 5.25. The number of carbonyl (C=O) groups is 1. The number of benzene rings is 1. The smallest absolute Gasteiger partial charge is 0.230 e. The molecule has 1 aliphatic rings. The third kappa shape index (κ3) is 4.40. The molecule has 0 bridgehead atoms. The SMILES string of the molecule is O=C(Cc1cccs1)Nc1ccc2c(n1)C(/C=C/c1ccc(F)cc1)=NCC2. The number of allylic oxidation sites excluding steroid dienone is 1. The fraction of sp³-hybridized carbons (Fsp3) is 0.136. The number of amides is 1. The number of halogens is 1. The molecule has 0 saturated carbocycles. The molecule has 4 rings (SSSR count). The van der Waals surface area contributed by atoms with Gasteiger partial charge in [-0.1, -0.05) is 30.3 Å². The molecule has 28 heavy (non-hydrogen) atoms. The van der Waals surface area contributed by atoms with E-state index in [1.807, 2.05) is 41.8 Å². The average molecular weight is 391 g/mol. The summed E-state index contributed by atoms with van der Waals surface area (Å²) in [6.07, 6.45) is 4.92. The predicted octanol–water partition coefficient (Wildman–Crippen LogP) is 4.52. The van der Waals surface area contributed by atoms with Crippen LogP contribution < -0.4 is 5.32 Å². The first kappa shape index (κ1) is 18.3. The number of carbonyl (C=O) groups excluding carboxylic acids is 1. The molecule has 0 saturated heterocycles. The van der Waals surface area contributed by atoms with Gasteiger partial charge in [-0.15, -0.1) is 11.3 Å². The van der Waals surface area contributed by atoms with E-state index in [-0.39, 0.29) is 11.7 Å². The summed E-state index contributed by atoms with van der Waals surface area (Å²) in [6.45, 7) is 0.696. The van der Waals surface area contributed by atoms with Crippen LogP contribution in [-0.2, 0) is 17.6 Å². The molecule has 0 unspecified atom stereocenters. The lowest BCUT2D eigenvalue weighted by Crippen LogP contribution is -2.18. The number of fused-ring (bicyclic) bond motifs is 1. The van der Waals surface area contributed by atoms with Crippen LogP contribution in [0.4, 0.5) is 10.2 Å². The minimum atomic E-state index is -0.262. The number of hydrogen-bond donors (Lipinski definition) is 1. The maximum absolute atomic E-state index is 13.1. The average Bonchev–Trinajstić information content (AvgIpc) is 3.20. The fourth-order valence-electron chi connectivity index (χ4n) is 2.99. The van der Waals surface area contributed by atoms with Crippen molar-refractivity contribution in [3.05, 3.63) is 87.5 Å². The number of thiophene rings is 1. The van der Waals surface area contributed by atoms with Crippen LogP contribution in [0.1, 0.15) is 21.7 Å². The zero-order valence-electron chi connectivity index (χ0n) is 15.1. The molecule has 0 aliphatic carbocycles. The number of nitrogens with zero attached hydrogens (tertiary/aromatic N) is 2. The highest BCUT2D eigenvalue weighted by Gasteiger charge is 2.15. The maximum atomic E-state index is 13.1. The molecule has 6 heteroatoms. The first-order chi connectivity index (χ1) is 13.7. The van der Waals surface area contributed by atoms with Crippen molar-refractivity contribution in [2.24, 2.45) is 4.99 Å². The molecule has 4 nitrogen and oxygen atoms in total. The number of aromatic nitrogens is 1. The standard InChI is InChI=1S/C22H18FN3OS/c23-17-7-3-15(4-8-17)5-9-19-22-16(11-12-24-19)6-10-20(26-22)25-21(27)14-18-2-1-13-28-18/h1-10,13H,11-12,14H2,(H,25,26,27)/b9-5+. The molecule has 0 radical (unpaired) electrons. The summed E-state index contributed by atoms with van der Waals surface area (Å²) < 4.78 is 13.1. The van der Waals surface area contributed by atoms with Crippen molar-refractivity contribution in [3.8, 4) is 0 Å². The predicted molar refractivity (Wildman–Crippen MR) is 111 cm³/mol. The van der Waals surface area contributed by atoms with Gasteiger partial charge in [-0.05, 0) is 53.3 Å². The number of rotatable bonds is 5. The summed E-state index contributed by atoms with van der Waals surface area (Å²) in [5, 5.41) is 4.82. The summed E-state index contributed by atoms with van der Waals surface area (Å²) >= 11 is 1.56. The van der Waals surface area contributed by atoms with Crippen LogP contribution in [0, 0.1) is 5.82 Å². The fourth-order valence-corrected chi connectivity index (χ4v) is 3.70. The Kier molecular flexibility index (Phi) is 5.39. The molecule has 3 aromatic rings. The summed E-state index contributed by atoms with van der Waals surface area (Å²) in [7, 11) is 0. The molecule has 2 aromatic heterocycles. The zero-order chi connectivity index (χ0) is 19.3. The number of nitrogens with one attached hydrogen (secondary N) is 1. The summed E-state index contributed by atoms with van der Waals surface area (Å²) in [5.41, 5.74) is 3.53. The van der Waals surface area contributed by atoms with Gasteiger partial charge in [0.1, 0.15) is 11.6 Å². The van der Waals surface area contributed by atoms with Gasteiger partial charge in [-0.2, -0.15) is 0 Å². The number of hydrogen-bond acceptors (Lipinski definition) is 4. The topological polar surface area (TPSA) is 54.4 Å². The van der Waals surface area contributed by atoms with E-state index in [2.05, 4.69) is 15.3 Å². The van der Waals surface area contributed by atoms with Crippen molar-refractivity contribution in [1.82, 2.24) is 4.98 Å². The van der Waals surface area contributed by atoms with Crippen molar-refractivity contribution in [2.75, 3.05) is 11.9 Å². The molecule has 140 valence electrons. The third-order valence-electron chi connectivity index (χ3n) is 4.37. The van der Waals surface area contributed by atoms with Crippen molar-refractivity contribution in [1.29, 1.82) is 0 Å². The van der Waals surface area contributed by atoms with Crippen molar-refractivity contribution < 1.29 is 9.18 Å². The van der Waals surface area contributed by atoms with Gasteiger partial charge < -0.3 is 5.32 Å². The van der Waals surface area contributed by atoms with E-state index in [0.717, 1.165) is 33.8 Å². The second-order valence-corrected chi connectivity index (χ2v) is 7.44. The Morgan fingerprint density at radius 2 is 2.00 bits per heavy atom. The normalized spacial score (nSPS) is 13.2. The molecule has 1 N–H and O–H groups in total. The van der Waals surface area contributed by atoms with Crippen molar-refractivity contribution in [3.63, 3.8) is 0 Å². The lowest BCUT2D eigenvalue weighted by Gasteiger charge is -2.15. The van der Waals surface area contributed by atoms with Gasteiger partial charge in [0.25, 0.3) is 0 Å². The van der Waals surface area contributed by atoms with E-state index in [1.54, 1.807) is 23.5 Å². The number of pyridine rings is 1. The Bertz CT molecular complexity index is 1040. The lowest BCUT2D eigenvalue weighted by molar-refractivity contribution is -0.115. The Hall–Kier alpha value is -3.12. The Morgan fingerprint density at radius 3 is 2.79 bits per heavy atom. The molecule has 1 aromatic carbocycles. The van der Waals surface area contributed by atoms with Crippen LogP contribution in [0.2, 0.25) is 0 Å². The Labute approximate surface area is 166 Å². The zero-order valence-corrected chi connectivity index (χ0v) is 15.9. The van der Waals surface area contributed by atoms with Gasteiger partial charge >= 0.3 is 0 Å². The molecular weight excluding hydrogens is 373 g/mol. The van der Waals surface area contributed by atoms with Crippen LogP contribution in [0.25, 0.3) is 6.08 Å². The monoisotopic (exact) mass is 391 g/mol. The van der Waals surface area contributed by atoms with E-state index in [0.29, 0.717) is 18.8 Å². The molecule has 0 spiro atoms. The number of anilines is 1. The van der Waals surface area contributed by atoms with E-state index in [9.17, 15) is 9.18 Å². The van der Waals surface area contributed by atoms with Crippen molar-refractivity contribution in [2.45, 2.75) is 12.8 Å². The van der Waals surface area contributed by atoms with Crippen LogP contribution >= 0.6 is 11.3 Å². The van der Waals surface area contributed by atoms with Gasteiger partial charge in [-0.25, -0.2) is 9.37 Å². The highest BCUT2D eigenvalue weighted by Crippen LogP contribution is 2.19. The van der Waals surface area contributed by atoms with E-state index >= 15 is 0 Å². The van der Waals surface area contributed by atoms with E-state index in [4.69, 9.17) is 0 Å². The van der Waals surface area contributed by atoms with Gasteiger partial charge in [0, 0.05) is 11.4 Å². The second kappa shape index (κ2) is 8.27.